The first kappa shape index (κ1) is 28.4. The van der Waals surface area contributed by atoms with E-state index in [1.54, 1.807) is 28.5 Å². The van der Waals surface area contributed by atoms with Gasteiger partial charge in [-0.05, 0) is 67.1 Å². The quantitative estimate of drug-likeness (QED) is 0.206. The molecule has 0 radical (unpaired) electrons. The van der Waals surface area contributed by atoms with E-state index in [-0.39, 0.29) is 54.1 Å². The fourth-order valence-electron chi connectivity index (χ4n) is 5.68. The van der Waals surface area contributed by atoms with Gasteiger partial charge in [-0.3, -0.25) is 9.69 Å². The zero-order valence-corrected chi connectivity index (χ0v) is 23.7. The second-order valence-corrected chi connectivity index (χ2v) is 10.7. The summed E-state index contributed by atoms with van der Waals surface area (Å²) in [6.45, 7) is 0.928. The minimum absolute atomic E-state index is 0.0668. The third kappa shape index (κ3) is 5.45. The Morgan fingerprint density at radius 2 is 1.79 bits per heavy atom. The molecule has 1 aromatic heterocycles. The number of amides is 1. The van der Waals surface area contributed by atoms with Crippen molar-refractivity contribution in [2.45, 2.75) is 58.5 Å². The maximum absolute atomic E-state index is 13.9. The van der Waals surface area contributed by atoms with Crippen molar-refractivity contribution in [1.82, 2.24) is 9.47 Å². The van der Waals surface area contributed by atoms with Gasteiger partial charge in [0.15, 0.2) is 5.75 Å². The fraction of sp³-hybridized carbons (Fsp3) is 0.303. The van der Waals surface area contributed by atoms with Gasteiger partial charge < -0.3 is 18.8 Å². The number of carbonyl (C=O) groups is 2. The van der Waals surface area contributed by atoms with Crippen LogP contribution in [0.2, 0.25) is 0 Å². The van der Waals surface area contributed by atoms with E-state index in [4.69, 9.17) is 14.2 Å². The van der Waals surface area contributed by atoms with Crippen molar-refractivity contribution < 1.29 is 32.6 Å². The van der Waals surface area contributed by atoms with Gasteiger partial charge in [-0.15, -0.1) is 0 Å². The van der Waals surface area contributed by atoms with Crippen molar-refractivity contribution in [1.29, 1.82) is 0 Å². The van der Waals surface area contributed by atoms with Gasteiger partial charge in [0.25, 0.3) is 0 Å². The highest BCUT2D eigenvalue weighted by Crippen LogP contribution is 2.44. The van der Waals surface area contributed by atoms with Crippen LogP contribution < -0.4 is 10.2 Å². The Labute approximate surface area is 246 Å². The number of rotatable bonds is 8. The summed E-state index contributed by atoms with van der Waals surface area (Å²) in [6, 6.07) is 17.7. The fourth-order valence-corrected chi connectivity index (χ4v) is 5.68. The maximum atomic E-state index is 13.9. The molecule has 1 unspecified atom stereocenters. The lowest BCUT2D eigenvalue weighted by atomic mass is 9.96. The Hall–Kier alpha value is -4.73. The zero-order valence-electron chi connectivity index (χ0n) is 23.7. The van der Waals surface area contributed by atoms with Gasteiger partial charge in [-0.25, -0.2) is 9.59 Å². The molecule has 0 bridgehead atoms. The number of nitrogens with zero attached hydrogens (tertiary/aromatic N) is 2. The summed E-state index contributed by atoms with van der Waals surface area (Å²) in [5.41, 5.74) is 3.06. The van der Waals surface area contributed by atoms with Gasteiger partial charge in [-0.2, -0.15) is 8.78 Å². The van der Waals surface area contributed by atoms with Crippen molar-refractivity contribution >= 4 is 23.0 Å². The molecule has 0 N–H and O–H groups in total. The number of hydrogen-bond donors (Lipinski definition) is 0. The number of benzene rings is 3. The third-order valence-corrected chi connectivity index (χ3v) is 7.94. The van der Waals surface area contributed by atoms with E-state index >= 15 is 0 Å². The SMILES string of the molecule is CCOC(=O)c1cn(C2CC2)c2c(OC(F)F)c(-c3ccc4c(c3)CN(C(=O)OCc3ccccc3)C4C)ccc2c1=O. The summed E-state index contributed by atoms with van der Waals surface area (Å²) in [5.74, 6) is -0.902. The van der Waals surface area contributed by atoms with Gasteiger partial charge in [0.2, 0.25) is 5.43 Å². The summed E-state index contributed by atoms with van der Waals surface area (Å²) < 4.78 is 45.2. The van der Waals surface area contributed by atoms with Crippen LogP contribution in [0, 0.1) is 0 Å². The molecule has 4 aromatic rings. The van der Waals surface area contributed by atoms with Gasteiger partial charge in [0, 0.05) is 24.3 Å². The summed E-state index contributed by atoms with van der Waals surface area (Å²) in [6.07, 6.45) is 2.48. The first-order valence-corrected chi connectivity index (χ1v) is 14.2. The highest BCUT2D eigenvalue weighted by Gasteiger charge is 2.33. The lowest BCUT2D eigenvalue weighted by Gasteiger charge is -2.21. The lowest BCUT2D eigenvalue weighted by molar-refractivity contribution is -0.0486. The molecule has 1 atom stereocenters. The molecule has 8 nitrogen and oxygen atoms in total. The van der Waals surface area contributed by atoms with Crippen LogP contribution in [0.1, 0.15) is 65.8 Å². The first-order valence-electron chi connectivity index (χ1n) is 14.2. The molecule has 3 aromatic carbocycles. The monoisotopic (exact) mass is 588 g/mol. The molecule has 0 saturated heterocycles. The first-order chi connectivity index (χ1) is 20.8. The van der Waals surface area contributed by atoms with E-state index in [1.807, 2.05) is 49.4 Å². The minimum atomic E-state index is -3.15. The Morgan fingerprint density at radius 3 is 2.49 bits per heavy atom. The number of hydrogen-bond acceptors (Lipinski definition) is 6. The Bertz CT molecular complexity index is 1770. The van der Waals surface area contributed by atoms with E-state index in [2.05, 4.69) is 0 Å². The summed E-state index contributed by atoms with van der Waals surface area (Å²) in [5, 5.41) is 0.0963. The third-order valence-electron chi connectivity index (χ3n) is 7.94. The van der Waals surface area contributed by atoms with Gasteiger partial charge >= 0.3 is 18.7 Å². The van der Waals surface area contributed by atoms with Crippen molar-refractivity contribution in [2.75, 3.05) is 6.61 Å². The summed E-state index contributed by atoms with van der Waals surface area (Å²) in [7, 11) is 0. The van der Waals surface area contributed by atoms with Gasteiger partial charge in [0.05, 0.1) is 23.6 Å². The standard InChI is InChI=1S/C33H30F2N2O6/c1-3-41-31(39)27-17-37(23-10-11-23)28-26(29(27)38)14-13-25(30(28)43-32(34)35)21-9-12-24-19(2)36(16-22(24)15-21)33(40)42-18-20-7-5-4-6-8-20/h4-9,12-15,17,19,23,32H,3,10-11,16,18H2,1-2H3. The number of fused-ring (bicyclic) bond motifs is 2. The predicted octanol–water partition coefficient (Wildman–Crippen LogP) is 6.99. The van der Waals surface area contributed by atoms with Crippen molar-refractivity contribution in [2.24, 2.45) is 0 Å². The van der Waals surface area contributed by atoms with Crippen LogP contribution in [0.25, 0.3) is 22.0 Å². The van der Waals surface area contributed by atoms with Gasteiger partial charge in [-0.1, -0.05) is 42.5 Å². The van der Waals surface area contributed by atoms with Crippen molar-refractivity contribution in [3.05, 3.63) is 99.3 Å². The van der Waals surface area contributed by atoms with Crippen LogP contribution in [0.15, 0.2) is 71.7 Å². The van der Waals surface area contributed by atoms with Crippen LogP contribution in [-0.2, 0) is 22.6 Å². The smallest absolute Gasteiger partial charge is 0.410 e. The largest absolute Gasteiger partial charge is 0.462 e. The molecule has 1 amide bonds. The van der Waals surface area contributed by atoms with E-state index < -0.39 is 24.1 Å². The van der Waals surface area contributed by atoms with Crippen molar-refractivity contribution in [3.63, 3.8) is 0 Å². The number of alkyl halides is 2. The molecular weight excluding hydrogens is 558 g/mol. The molecule has 1 saturated carbocycles. The number of ether oxygens (including phenoxy) is 3. The maximum Gasteiger partial charge on any atom is 0.410 e. The average molecular weight is 589 g/mol. The van der Waals surface area contributed by atoms with Crippen molar-refractivity contribution in [3.8, 4) is 16.9 Å². The molecule has 1 aliphatic carbocycles. The Kier molecular flexibility index (Phi) is 7.60. The molecular formula is C33H30F2N2O6. The number of aromatic nitrogens is 1. The second kappa shape index (κ2) is 11.5. The molecule has 1 aliphatic heterocycles. The van der Waals surface area contributed by atoms with E-state index in [1.165, 1.54) is 12.3 Å². The molecule has 2 heterocycles. The minimum Gasteiger partial charge on any atom is -0.462 e. The molecule has 222 valence electrons. The van der Waals surface area contributed by atoms with Crippen LogP contribution in [-0.4, -0.2) is 34.7 Å². The summed E-state index contributed by atoms with van der Waals surface area (Å²) >= 11 is 0. The van der Waals surface area contributed by atoms with E-state index in [0.29, 0.717) is 11.1 Å². The number of halogens is 2. The number of esters is 1. The normalized spacial score (nSPS) is 15.9. The molecule has 2 aliphatic rings. The van der Waals surface area contributed by atoms with Gasteiger partial charge in [0.1, 0.15) is 12.2 Å². The van der Waals surface area contributed by atoms with Crippen LogP contribution >= 0.6 is 0 Å². The molecule has 6 rings (SSSR count). The van der Waals surface area contributed by atoms with E-state index in [0.717, 1.165) is 29.5 Å². The Morgan fingerprint density at radius 1 is 1.02 bits per heavy atom. The lowest BCUT2D eigenvalue weighted by Crippen LogP contribution is -2.28. The zero-order chi connectivity index (χ0) is 30.2. The molecule has 1 fully saturated rings. The van der Waals surface area contributed by atoms with Crippen LogP contribution in [0.5, 0.6) is 5.75 Å². The molecule has 0 spiro atoms. The average Bonchev–Trinajstić information content (AvgIpc) is 3.79. The topological polar surface area (TPSA) is 87.1 Å². The highest BCUT2D eigenvalue weighted by molar-refractivity contribution is 5.98. The predicted molar refractivity (Wildman–Crippen MR) is 155 cm³/mol. The second-order valence-electron chi connectivity index (χ2n) is 10.7. The number of carbonyl (C=O) groups excluding carboxylic acids is 2. The van der Waals surface area contributed by atoms with Crippen LogP contribution in [0.4, 0.5) is 13.6 Å². The van der Waals surface area contributed by atoms with E-state index in [9.17, 15) is 23.2 Å². The summed E-state index contributed by atoms with van der Waals surface area (Å²) in [4.78, 5) is 40.5. The highest BCUT2D eigenvalue weighted by atomic mass is 19.3. The van der Waals surface area contributed by atoms with Crippen LogP contribution in [0.3, 0.4) is 0 Å². The Balaban J connectivity index is 1.38. The molecule has 43 heavy (non-hydrogen) atoms. The number of pyridine rings is 1. The molecule has 10 heteroatoms.